The summed E-state index contributed by atoms with van der Waals surface area (Å²) in [4.78, 5) is 20.2. The SMILES string of the molecule is CCCCC(N)C(=O)O.NCCCCC(N)C(=O)O. The highest BCUT2D eigenvalue weighted by atomic mass is 16.4. The molecule has 0 rings (SSSR count). The fourth-order valence-corrected chi connectivity index (χ4v) is 1.18. The zero-order valence-electron chi connectivity index (χ0n) is 11.5. The molecule has 0 fully saturated rings. The van der Waals surface area contributed by atoms with Crippen molar-refractivity contribution in [2.24, 2.45) is 17.2 Å². The highest BCUT2D eigenvalue weighted by molar-refractivity contribution is 5.73. The Kier molecular flexibility index (Phi) is 14.1. The Balaban J connectivity index is 0. The van der Waals surface area contributed by atoms with Crippen molar-refractivity contribution in [2.75, 3.05) is 6.54 Å². The number of carboxylic acid groups (broad SMARTS) is 2. The molecular weight excluding hydrogens is 250 g/mol. The van der Waals surface area contributed by atoms with E-state index in [0.717, 1.165) is 25.7 Å². The summed E-state index contributed by atoms with van der Waals surface area (Å²) < 4.78 is 0. The average molecular weight is 277 g/mol. The number of nitrogens with two attached hydrogens (primary N) is 3. The van der Waals surface area contributed by atoms with Crippen LogP contribution in [-0.4, -0.2) is 40.8 Å². The molecule has 0 aromatic heterocycles. The van der Waals surface area contributed by atoms with Crippen molar-refractivity contribution in [2.45, 2.75) is 57.5 Å². The number of carboxylic acids is 2. The molecule has 0 aliphatic carbocycles. The van der Waals surface area contributed by atoms with Gasteiger partial charge in [-0.3, -0.25) is 9.59 Å². The van der Waals surface area contributed by atoms with Crippen LogP contribution in [0.3, 0.4) is 0 Å². The van der Waals surface area contributed by atoms with Crippen molar-refractivity contribution in [3.63, 3.8) is 0 Å². The third-order valence-electron chi connectivity index (χ3n) is 2.47. The minimum absolute atomic E-state index is 0.520. The first-order valence-corrected chi connectivity index (χ1v) is 6.53. The minimum Gasteiger partial charge on any atom is -0.480 e. The van der Waals surface area contributed by atoms with Gasteiger partial charge in [-0.15, -0.1) is 0 Å². The quantitative estimate of drug-likeness (QED) is 0.375. The molecule has 2 atom stereocenters. The van der Waals surface area contributed by atoms with E-state index in [2.05, 4.69) is 0 Å². The normalized spacial score (nSPS) is 13.1. The standard InChI is InChI=1S/C6H14N2O2.C6H13NO2/c7-4-2-1-3-5(8)6(9)10;1-2-3-4-5(7)6(8)9/h5H,1-4,7-8H2,(H,9,10);5H,2-4,7H2,1H3,(H,8,9). The van der Waals surface area contributed by atoms with Crippen molar-refractivity contribution in [3.8, 4) is 0 Å². The first kappa shape index (κ1) is 20.1. The zero-order valence-corrected chi connectivity index (χ0v) is 11.5. The number of unbranched alkanes of at least 4 members (excludes halogenated alkanes) is 2. The molecule has 114 valence electrons. The summed E-state index contributed by atoms with van der Waals surface area (Å²) in [7, 11) is 0. The Hall–Kier alpha value is -1.18. The predicted octanol–water partition coefficient (Wildman–Crippen LogP) is 0.116. The van der Waals surface area contributed by atoms with Gasteiger partial charge in [0.25, 0.3) is 0 Å². The van der Waals surface area contributed by atoms with Gasteiger partial charge in [0.15, 0.2) is 0 Å². The maximum absolute atomic E-state index is 10.1. The summed E-state index contributed by atoms with van der Waals surface area (Å²) in [6.45, 7) is 2.61. The van der Waals surface area contributed by atoms with E-state index in [1.165, 1.54) is 0 Å². The highest BCUT2D eigenvalue weighted by Gasteiger charge is 2.09. The van der Waals surface area contributed by atoms with Crippen LogP contribution in [0.4, 0.5) is 0 Å². The molecule has 19 heavy (non-hydrogen) atoms. The van der Waals surface area contributed by atoms with Crippen molar-refractivity contribution in [1.29, 1.82) is 0 Å². The molecule has 0 aliphatic heterocycles. The minimum atomic E-state index is -0.933. The molecule has 0 aromatic rings. The van der Waals surface area contributed by atoms with Crippen LogP contribution in [0.2, 0.25) is 0 Å². The Morgan fingerprint density at radius 3 is 1.68 bits per heavy atom. The number of carbonyl (C=O) groups is 2. The summed E-state index contributed by atoms with van der Waals surface area (Å²) >= 11 is 0. The molecule has 8 N–H and O–H groups in total. The Morgan fingerprint density at radius 2 is 1.37 bits per heavy atom. The summed E-state index contributed by atoms with van der Waals surface area (Å²) in [6, 6.07) is -1.38. The van der Waals surface area contributed by atoms with Crippen LogP contribution in [0.1, 0.15) is 45.4 Å². The lowest BCUT2D eigenvalue weighted by atomic mass is 10.1. The highest BCUT2D eigenvalue weighted by Crippen LogP contribution is 1.97. The predicted molar refractivity (Wildman–Crippen MR) is 73.7 cm³/mol. The van der Waals surface area contributed by atoms with Crippen LogP contribution in [0.5, 0.6) is 0 Å². The van der Waals surface area contributed by atoms with E-state index in [4.69, 9.17) is 27.4 Å². The Bertz CT molecular complexity index is 249. The summed E-state index contributed by atoms with van der Waals surface area (Å²) in [5.74, 6) is -1.83. The lowest BCUT2D eigenvalue weighted by Gasteiger charge is -2.03. The molecule has 0 radical (unpaired) electrons. The lowest BCUT2D eigenvalue weighted by molar-refractivity contribution is -0.139. The van der Waals surface area contributed by atoms with Crippen LogP contribution in [0, 0.1) is 0 Å². The number of rotatable bonds is 9. The van der Waals surface area contributed by atoms with Gasteiger partial charge in [-0.2, -0.15) is 0 Å². The van der Waals surface area contributed by atoms with Crippen LogP contribution in [0.15, 0.2) is 0 Å². The van der Waals surface area contributed by atoms with E-state index in [9.17, 15) is 9.59 Å². The summed E-state index contributed by atoms with van der Waals surface area (Å²) in [6.07, 6.45) is 4.65. The summed E-state index contributed by atoms with van der Waals surface area (Å²) in [5.41, 5.74) is 15.6. The van der Waals surface area contributed by atoms with Crippen molar-refractivity contribution >= 4 is 11.9 Å². The molecule has 7 heteroatoms. The second kappa shape index (κ2) is 13.3. The molecular formula is C12H27N3O4. The smallest absolute Gasteiger partial charge is 0.320 e. The monoisotopic (exact) mass is 277 g/mol. The molecule has 0 aliphatic rings. The van der Waals surface area contributed by atoms with Gasteiger partial charge in [-0.1, -0.05) is 26.2 Å². The van der Waals surface area contributed by atoms with Crippen LogP contribution < -0.4 is 17.2 Å². The molecule has 7 nitrogen and oxygen atoms in total. The third kappa shape index (κ3) is 14.8. The van der Waals surface area contributed by atoms with E-state index in [1.807, 2.05) is 6.92 Å². The van der Waals surface area contributed by atoms with E-state index < -0.39 is 24.0 Å². The van der Waals surface area contributed by atoms with E-state index in [1.54, 1.807) is 0 Å². The van der Waals surface area contributed by atoms with Gasteiger partial charge < -0.3 is 27.4 Å². The summed E-state index contributed by atoms with van der Waals surface area (Å²) in [5, 5.41) is 16.6. The van der Waals surface area contributed by atoms with E-state index in [-0.39, 0.29) is 0 Å². The fraction of sp³-hybridized carbons (Fsp3) is 0.833. The van der Waals surface area contributed by atoms with Gasteiger partial charge in [0.1, 0.15) is 12.1 Å². The van der Waals surface area contributed by atoms with Gasteiger partial charge >= 0.3 is 11.9 Å². The second-order valence-electron chi connectivity index (χ2n) is 4.32. The van der Waals surface area contributed by atoms with Crippen molar-refractivity contribution in [3.05, 3.63) is 0 Å². The molecule has 0 bridgehead atoms. The molecule has 0 aromatic carbocycles. The molecule has 0 saturated heterocycles. The van der Waals surface area contributed by atoms with Crippen molar-refractivity contribution in [1.82, 2.24) is 0 Å². The first-order chi connectivity index (χ1) is 8.86. The number of aliphatic carboxylic acids is 2. The van der Waals surface area contributed by atoms with E-state index in [0.29, 0.717) is 19.4 Å². The maximum atomic E-state index is 10.1. The van der Waals surface area contributed by atoms with Gasteiger partial charge in [0.2, 0.25) is 0 Å². The fourth-order valence-electron chi connectivity index (χ4n) is 1.18. The van der Waals surface area contributed by atoms with Gasteiger partial charge in [0, 0.05) is 0 Å². The second-order valence-corrected chi connectivity index (χ2v) is 4.32. The topological polar surface area (TPSA) is 153 Å². The van der Waals surface area contributed by atoms with Crippen molar-refractivity contribution < 1.29 is 19.8 Å². The lowest BCUT2D eigenvalue weighted by Crippen LogP contribution is -2.29. The molecule has 0 saturated carbocycles. The third-order valence-corrected chi connectivity index (χ3v) is 2.47. The van der Waals surface area contributed by atoms with Crippen LogP contribution >= 0.6 is 0 Å². The number of hydrogen-bond acceptors (Lipinski definition) is 5. The van der Waals surface area contributed by atoms with Gasteiger partial charge in [-0.05, 0) is 25.8 Å². The maximum Gasteiger partial charge on any atom is 0.320 e. The molecule has 0 spiro atoms. The first-order valence-electron chi connectivity index (χ1n) is 6.53. The molecule has 0 amide bonds. The molecule has 0 heterocycles. The average Bonchev–Trinajstić information content (AvgIpc) is 2.36. The van der Waals surface area contributed by atoms with Gasteiger partial charge in [0.05, 0.1) is 0 Å². The van der Waals surface area contributed by atoms with Crippen LogP contribution in [-0.2, 0) is 9.59 Å². The molecule has 2 unspecified atom stereocenters. The zero-order chi connectivity index (χ0) is 15.3. The largest absolute Gasteiger partial charge is 0.480 e. The van der Waals surface area contributed by atoms with Gasteiger partial charge in [-0.25, -0.2) is 0 Å². The van der Waals surface area contributed by atoms with E-state index >= 15 is 0 Å². The Morgan fingerprint density at radius 1 is 0.947 bits per heavy atom. The Labute approximate surface area is 114 Å². The van der Waals surface area contributed by atoms with Crippen LogP contribution in [0.25, 0.3) is 0 Å². The number of hydrogen-bond donors (Lipinski definition) is 5.